The number of rotatable bonds is 5. The van der Waals surface area contributed by atoms with Crippen molar-refractivity contribution in [3.05, 3.63) is 0 Å². The highest BCUT2D eigenvalue weighted by atomic mass is 28.4. The van der Waals surface area contributed by atoms with E-state index < -0.39 is 22.4 Å². The summed E-state index contributed by atoms with van der Waals surface area (Å²) in [6.07, 6.45) is 3.95. The first-order valence-corrected chi connectivity index (χ1v) is 15.4. The van der Waals surface area contributed by atoms with Crippen LogP contribution in [0, 0.1) is 5.92 Å². The predicted molar refractivity (Wildman–Crippen MR) is 108 cm³/mol. The van der Waals surface area contributed by atoms with Crippen LogP contribution in [0.4, 0.5) is 0 Å². The van der Waals surface area contributed by atoms with E-state index in [9.17, 15) is 5.11 Å². The molecule has 0 amide bonds. The topological polar surface area (TPSA) is 38.7 Å². The summed E-state index contributed by atoms with van der Waals surface area (Å²) >= 11 is 0. The zero-order chi connectivity index (χ0) is 19.0. The van der Waals surface area contributed by atoms with Crippen LogP contribution in [0.1, 0.15) is 67.2 Å². The predicted octanol–water partition coefficient (Wildman–Crippen LogP) is 5.91. The summed E-state index contributed by atoms with van der Waals surface area (Å²) < 4.78 is 13.0. The van der Waals surface area contributed by atoms with Crippen LogP contribution in [-0.2, 0) is 8.85 Å². The van der Waals surface area contributed by atoms with Crippen molar-refractivity contribution >= 4 is 16.6 Å². The third kappa shape index (κ3) is 5.16. The SMILES string of the molecule is CC(C)(C)[Si](C)(C)OCC1CCCCC1(O)O[Si](C)(C)C(C)(C)C. The molecule has 5 heteroatoms. The molecule has 1 fully saturated rings. The largest absolute Gasteiger partial charge is 0.416 e. The van der Waals surface area contributed by atoms with Crippen molar-refractivity contribution in [1.29, 1.82) is 0 Å². The molecular formula is C19H42O3Si2. The second-order valence-corrected chi connectivity index (χ2v) is 20.3. The van der Waals surface area contributed by atoms with E-state index in [4.69, 9.17) is 8.85 Å². The molecule has 0 aromatic heterocycles. The molecule has 2 unspecified atom stereocenters. The normalized spacial score (nSPS) is 27.4. The Morgan fingerprint density at radius 2 is 1.42 bits per heavy atom. The van der Waals surface area contributed by atoms with Crippen molar-refractivity contribution in [3.63, 3.8) is 0 Å². The van der Waals surface area contributed by atoms with Crippen molar-refractivity contribution in [1.82, 2.24) is 0 Å². The molecule has 1 aliphatic carbocycles. The lowest BCUT2D eigenvalue weighted by molar-refractivity contribution is -0.211. The van der Waals surface area contributed by atoms with Gasteiger partial charge >= 0.3 is 0 Å². The quantitative estimate of drug-likeness (QED) is 0.480. The van der Waals surface area contributed by atoms with Crippen molar-refractivity contribution in [2.75, 3.05) is 6.61 Å². The highest BCUT2D eigenvalue weighted by Gasteiger charge is 2.49. The summed E-state index contributed by atoms with van der Waals surface area (Å²) in [6.45, 7) is 23.1. The van der Waals surface area contributed by atoms with Gasteiger partial charge in [0, 0.05) is 18.9 Å². The molecule has 0 heterocycles. The Kier molecular flexibility index (Phi) is 6.65. The average molecular weight is 375 g/mol. The summed E-state index contributed by atoms with van der Waals surface area (Å²) in [5.41, 5.74) is 0. The molecule has 0 saturated heterocycles. The molecule has 0 aromatic rings. The second kappa shape index (κ2) is 7.14. The third-order valence-electron chi connectivity index (χ3n) is 6.67. The maximum Gasteiger partial charge on any atom is 0.195 e. The number of hydrogen-bond donors (Lipinski definition) is 1. The second-order valence-electron chi connectivity index (χ2n) is 10.7. The molecule has 144 valence electrons. The van der Waals surface area contributed by atoms with Crippen LogP contribution in [0.25, 0.3) is 0 Å². The zero-order valence-electron chi connectivity index (χ0n) is 17.9. The van der Waals surface area contributed by atoms with Gasteiger partial charge in [-0.3, -0.25) is 0 Å². The van der Waals surface area contributed by atoms with E-state index in [1.54, 1.807) is 0 Å². The third-order valence-corrected chi connectivity index (χ3v) is 15.6. The fourth-order valence-electron chi connectivity index (χ4n) is 2.67. The van der Waals surface area contributed by atoms with Gasteiger partial charge in [-0.15, -0.1) is 0 Å². The van der Waals surface area contributed by atoms with E-state index in [0.717, 1.165) is 25.7 Å². The van der Waals surface area contributed by atoms with Gasteiger partial charge < -0.3 is 14.0 Å². The molecular weight excluding hydrogens is 332 g/mol. The van der Waals surface area contributed by atoms with Crippen molar-refractivity contribution in [3.8, 4) is 0 Å². The van der Waals surface area contributed by atoms with Gasteiger partial charge in [-0.2, -0.15) is 0 Å². The van der Waals surface area contributed by atoms with Gasteiger partial charge in [-0.25, -0.2) is 0 Å². The maximum atomic E-state index is 11.4. The number of aliphatic hydroxyl groups is 1. The fourth-order valence-corrected chi connectivity index (χ4v) is 5.18. The minimum absolute atomic E-state index is 0.0921. The zero-order valence-corrected chi connectivity index (χ0v) is 19.9. The molecule has 2 atom stereocenters. The monoisotopic (exact) mass is 374 g/mol. The lowest BCUT2D eigenvalue weighted by atomic mass is 9.84. The van der Waals surface area contributed by atoms with Crippen molar-refractivity contribution in [2.45, 2.75) is 109 Å². The summed E-state index contributed by atoms with van der Waals surface area (Å²) in [5.74, 6) is -0.918. The van der Waals surface area contributed by atoms with E-state index in [0.29, 0.717) is 6.61 Å². The van der Waals surface area contributed by atoms with Gasteiger partial charge in [0.1, 0.15) is 0 Å². The molecule has 0 bridgehead atoms. The minimum atomic E-state index is -2.01. The van der Waals surface area contributed by atoms with Crippen LogP contribution in [-0.4, -0.2) is 34.1 Å². The highest BCUT2D eigenvalue weighted by molar-refractivity contribution is 6.74. The molecule has 1 N–H and O–H groups in total. The summed E-state index contributed by atoms with van der Waals surface area (Å²) in [7, 11) is -3.81. The summed E-state index contributed by atoms with van der Waals surface area (Å²) in [5, 5.41) is 11.7. The first-order valence-electron chi connectivity index (χ1n) is 9.58. The van der Waals surface area contributed by atoms with Gasteiger partial charge in [0.25, 0.3) is 0 Å². The Balaban J connectivity index is 2.89. The Labute approximate surface area is 152 Å². The average Bonchev–Trinajstić information content (AvgIpc) is 2.34. The molecule has 0 aromatic carbocycles. The van der Waals surface area contributed by atoms with Gasteiger partial charge in [-0.1, -0.05) is 48.0 Å². The maximum absolute atomic E-state index is 11.4. The Morgan fingerprint density at radius 1 is 0.917 bits per heavy atom. The van der Waals surface area contributed by atoms with Crippen LogP contribution >= 0.6 is 0 Å². The first kappa shape index (κ1) is 22.4. The van der Waals surface area contributed by atoms with E-state index in [2.05, 4.69) is 67.7 Å². The van der Waals surface area contributed by atoms with Crippen LogP contribution in [0.2, 0.25) is 36.3 Å². The van der Waals surface area contributed by atoms with Gasteiger partial charge in [0.2, 0.25) is 0 Å². The van der Waals surface area contributed by atoms with E-state index in [1.165, 1.54) is 0 Å². The van der Waals surface area contributed by atoms with Gasteiger partial charge in [-0.05, 0) is 49.1 Å². The minimum Gasteiger partial charge on any atom is -0.416 e. The number of hydrogen-bond acceptors (Lipinski definition) is 3. The smallest absolute Gasteiger partial charge is 0.195 e. The van der Waals surface area contributed by atoms with Gasteiger partial charge in [0.05, 0.1) is 0 Å². The standard InChI is InChI=1S/C19H42O3Si2/c1-17(2,3)23(7,8)21-15-16-13-11-12-14-19(16,20)22-24(9,10)18(4,5)6/h16,20H,11-15H2,1-10H3. The van der Waals surface area contributed by atoms with E-state index in [-0.39, 0.29) is 16.0 Å². The van der Waals surface area contributed by atoms with Crippen LogP contribution in [0.15, 0.2) is 0 Å². The Morgan fingerprint density at radius 3 is 1.88 bits per heavy atom. The summed E-state index contributed by atoms with van der Waals surface area (Å²) in [6, 6.07) is 0. The molecule has 1 rings (SSSR count). The van der Waals surface area contributed by atoms with Crippen LogP contribution in [0.5, 0.6) is 0 Å². The molecule has 0 aliphatic heterocycles. The summed E-state index contributed by atoms with van der Waals surface area (Å²) in [4.78, 5) is 0. The Hall–Kier alpha value is 0.314. The lowest BCUT2D eigenvalue weighted by Crippen LogP contribution is -2.56. The first-order chi connectivity index (χ1) is 10.5. The van der Waals surface area contributed by atoms with Crippen molar-refractivity contribution < 1.29 is 14.0 Å². The lowest BCUT2D eigenvalue weighted by Gasteiger charge is -2.49. The van der Waals surface area contributed by atoms with Crippen LogP contribution in [0.3, 0.4) is 0 Å². The molecule has 0 radical (unpaired) electrons. The molecule has 3 nitrogen and oxygen atoms in total. The molecule has 0 spiro atoms. The van der Waals surface area contributed by atoms with E-state index >= 15 is 0 Å². The van der Waals surface area contributed by atoms with Crippen molar-refractivity contribution in [2.24, 2.45) is 5.92 Å². The highest BCUT2D eigenvalue weighted by Crippen LogP contribution is 2.45. The molecule has 1 saturated carbocycles. The van der Waals surface area contributed by atoms with Gasteiger partial charge in [0.15, 0.2) is 22.4 Å². The van der Waals surface area contributed by atoms with E-state index in [1.807, 2.05) is 0 Å². The van der Waals surface area contributed by atoms with Crippen LogP contribution < -0.4 is 0 Å². The Bertz CT molecular complexity index is 421. The molecule has 24 heavy (non-hydrogen) atoms. The fraction of sp³-hybridized carbons (Fsp3) is 1.00. The molecule has 1 aliphatic rings.